The summed E-state index contributed by atoms with van der Waals surface area (Å²) >= 11 is 0. The van der Waals surface area contributed by atoms with Crippen molar-refractivity contribution < 1.29 is 9.47 Å². The third-order valence-electron chi connectivity index (χ3n) is 4.69. The van der Waals surface area contributed by atoms with Crippen LogP contribution in [0.5, 0.6) is 11.5 Å². The molecule has 25 heavy (non-hydrogen) atoms. The quantitative estimate of drug-likeness (QED) is 0.886. The van der Waals surface area contributed by atoms with E-state index in [1.54, 1.807) is 7.11 Å². The van der Waals surface area contributed by atoms with E-state index in [1.807, 2.05) is 18.2 Å². The second kappa shape index (κ2) is 6.45. The summed E-state index contributed by atoms with van der Waals surface area (Å²) < 4.78 is 11.6. The molecule has 0 amide bonds. The second-order valence-electron chi connectivity index (χ2n) is 7.03. The Labute approximate surface area is 149 Å². The zero-order chi connectivity index (χ0) is 17.4. The molecule has 2 aromatic carbocycles. The van der Waals surface area contributed by atoms with Gasteiger partial charge in [-0.25, -0.2) is 0 Å². The third kappa shape index (κ3) is 2.98. The van der Waals surface area contributed by atoms with Crippen LogP contribution >= 0.6 is 0 Å². The summed E-state index contributed by atoms with van der Waals surface area (Å²) in [7, 11) is 1.68. The number of methoxy groups -OCH3 is 1. The molecule has 4 rings (SSSR count). The molecule has 0 saturated heterocycles. The van der Waals surface area contributed by atoms with Gasteiger partial charge in [0.1, 0.15) is 11.5 Å². The van der Waals surface area contributed by atoms with Crippen LogP contribution in [0.2, 0.25) is 0 Å². The molecule has 2 atom stereocenters. The van der Waals surface area contributed by atoms with Crippen molar-refractivity contribution in [1.29, 1.82) is 0 Å². The summed E-state index contributed by atoms with van der Waals surface area (Å²) in [6.45, 7) is 4.48. The number of para-hydroxylation sites is 1. The van der Waals surface area contributed by atoms with Crippen LogP contribution in [-0.4, -0.2) is 12.1 Å². The molecule has 2 aromatic rings. The van der Waals surface area contributed by atoms with E-state index in [0.717, 1.165) is 23.5 Å². The highest BCUT2D eigenvalue weighted by Crippen LogP contribution is 2.45. The maximum Gasteiger partial charge on any atom is 0.195 e. The van der Waals surface area contributed by atoms with Gasteiger partial charge in [0.25, 0.3) is 0 Å². The lowest BCUT2D eigenvalue weighted by molar-refractivity contribution is -0.0368. The predicted octanol–water partition coefficient (Wildman–Crippen LogP) is 4.58. The number of allylic oxidation sites excluding steroid dienone is 1. The van der Waals surface area contributed by atoms with Crippen molar-refractivity contribution in [3.63, 3.8) is 0 Å². The lowest BCUT2D eigenvalue weighted by Gasteiger charge is -2.39. The molecule has 4 heteroatoms. The maximum absolute atomic E-state index is 6.35. The Morgan fingerprint density at radius 3 is 2.60 bits per heavy atom. The molecular weight excluding hydrogens is 312 g/mol. The molecule has 0 aliphatic carbocycles. The highest BCUT2D eigenvalue weighted by atomic mass is 16.5. The fourth-order valence-electron chi connectivity index (χ4n) is 3.55. The number of nitrogens with one attached hydrogen (secondary N) is 1. The molecule has 130 valence electrons. The molecular formula is C21H24N2O2. The summed E-state index contributed by atoms with van der Waals surface area (Å²) in [6.07, 6.45) is 3.19. The molecule has 0 fully saturated rings. The van der Waals surface area contributed by atoms with E-state index in [4.69, 9.17) is 9.47 Å². The Balaban J connectivity index is 1.70. The minimum absolute atomic E-state index is 0.174. The summed E-state index contributed by atoms with van der Waals surface area (Å²) in [4.78, 5) is 0. The molecule has 2 heterocycles. The minimum Gasteiger partial charge on any atom is -0.497 e. The van der Waals surface area contributed by atoms with E-state index in [2.05, 4.69) is 60.7 Å². The SMILES string of the molecule is COc1ccc([C@H]2Oc3ccccc3[C@@H]3C=C(CC(C)C)NN23)cc1. The number of rotatable bonds is 4. The minimum atomic E-state index is -0.174. The number of hydrogen-bond donors (Lipinski definition) is 1. The number of benzene rings is 2. The van der Waals surface area contributed by atoms with Crippen molar-refractivity contribution in [3.8, 4) is 11.5 Å². The number of ether oxygens (including phenoxy) is 2. The first-order valence-electron chi connectivity index (χ1n) is 8.81. The van der Waals surface area contributed by atoms with E-state index >= 15 is 0 Å². The zero-order valence-corrected chi connectivity index (χ0v) is 14.9. The van der Waals surface area contributed by atoms with E-state index < -0.39 is 0 Å². The van der Waals surface area contributed by atoms with E-state index in [-0.39, 0.29) is 12.3 Å². The zero-order valence-electron chi connectivity index (χ0n) is 14.9. The highest BCUT2D eigenvalue weighted by Gasteiger charge is 2.39. The van der Waals surface area contributed by atoms with Crippen molar-refractivity contribution in [2.24, 2.45) is 5.92 Å². The third-order valence-corrected chi connectivity index (χ3v) is 4.69. The highest BCUT2D eigenvalue weighted by molar-refractivity contribution is 5.43. The summed E-state index contributed by atoms with van der Waals surface area (Å²) in [5.74, 6) is 2.41. The van der Waals surface area contributed by atoms with Gasteiger partial charge in [0.05, 0.1) is 13.2 Å². The van der Waals surface area contributed by atoms with Crippen molar-refractivity contribution >= 4 is 0 Å². The first-order valence-corrected chi connectivity index (χ1v) is 8.81. The normalized spacial score (nSPS) is 21.8. The molecule has 1 N–H and O–H groups in total. The van der Waals surface area contributed by atoms with Crippen LogP contribution in [0, 0.1) is 5.92 Å². The molecule has 0 saturated carbocycles. The van der Waals surface area contributed by atoms with Crippen LogP contribution in [0.4, 0.5) is 0 Å². The largest absolute Gasteiger partial charge is 0.497 e. The second-order valence-corrected chi connectivity index (χ2v) is 7.03. The Morgan fingerprint density at radius 1 is 1.12 bits per heavy atom. The summed E-state index contributed by atoms with van der Waals surface area (Å²) in [5.41, 5.74) is 7.15. The van der Waals surface area contributed by atoms with Gasteiger partial charge in [0.2, 0.25) is 0 Å². The van der Waals surface area contributed by atoms with Crippen LogP contribution < -0.4 is 14.9 Å². The van der Waals surface area contributed by atoms with Crippen LogP contribution in [0.3, 0.4) is 0 Å². The lowest BCUT2D eigenvalue weighted by atomic mass is 10.0. The maximum atomic E-state index is 6.35. The lowest BCUT2D eigenvalue weighted by Crippen LogP contribution is -2.43. The molecule has 0 radical (unpaired) electrons. The van der Waals surface area contributed by atoms with Crippen molar-refractivity contribution in [2.75, 3.05) is 7.11 Å². The predicted molar refractivity (Wildman–Crippen MR) is 98.1 cm³/mol. The smallest absolute Gasteiger partial charge is 0.195 e. The Bertz CT molecular complexity index is 783. The standard InChI is InChI=1S/C21H24N2O2/c1-14(2)12-16-13-19-18-6-4-5-7-20(18)25-21(23(19)22-16)15-8-10-17(24-3)11-9-15/h4-11,13-14,19,21-22H,12H2,1-3H3/t19-,21+/m0/s1. The number of fused-ring (bicyclic) bond motifs is 3. The van der Waals surface area contributed by atoms with Gasteiger partial charge in [-0.1, -0.05) is 44.2 Å². The fraction of sp³-hybridized carbons (Fsp3) is 0.333. The van der Waals surface area contributed by atoms with E-state index in [1.165, 1.54) is 11.3 Å². The number of nitrogens with zero attached hydrogens (tertiary/aromatic N) is 1. The Morgan fingerprint density at radius 2 is 1.88 bits per heavy atom. The average Bonchev–Trinajstić information content (AvgIpc) is 3.04. The molecule has 0 bridgehead atoms. The van der Waals surface area contributed by atoms with Gasteiger partial charge in [-0.2, -0.15) is 5.01 Å². The Hall–Kier alpha value is -2.46. The van der Waals surface area contributed by atoms with Crippen LogP contribution in [-0.2, 0) is 0 Å². The summed E-state index contributed by atoms with van der Waals surface area (Å²) in [6, 6.07) is 16.6. The Kier molecular flexibility index (Phi) is 4.14. The van der Waals surface area contributed by atoms with Crippen LogP contribution in [0.15, 0.2) is 60.3 Å². The van der Waals surface area contributed by atoms with Gasteiger partial charge in [-0.3, -0.25) is 0 Å². The molecule has 2 aliphatic heterocycles. The fourth-order valence-corrected chi connectivity index (χ4v) is 3.55. The first kappa shape index (κ1) is 16.0. The van der Waals surface area contributed by atoms with E-state index in [9.17, 15) is 0 Å². The van der Waals surface area contributed by atoms with Gasteiger partial charge in [-0.15, -0.1) is 0 Å². The topological polar surface area (TPSA) is 33.7 Å². The monoisotopic (exact) mass is 336 g/mol. The summed E-state index contributed by atoms with van der Waals surface area (Å²) in [5, 5.41) is 2.21. The van der Waals surface area contributed by atoms with Gasteiger partial charge in [-0.05, 0) is 36.6 Å². The van der Waals surface area contributed by atoms with Crippen molar-refractivity contribution in [3.05, 3.63) is 71.4 Å². The average molecular weight is 336 g/mol. The van der Waals surface area contributed by atoms with Gasteiger partial charge >= 0.3 is 0 Å². The molecule has 2 aliphatic rings. The van der Waals surface area contributed by atoms with Gasteiger partial charge in [0, 0.05) is 16.8 Å². The van der Waals surface area contributed by atoms with Gasteiger partial charge in [0.15, 0.2) is 6.23 Å². The number of hydrazine groups is 1. The molecule has 0 spiro atoms. The van der Waals surface area contributed by atoms with Crippen LogP contribution in [0.1, 0.15) is 43.7 Å². The molecule has 0 aromatic heterocycles. The molecule has 0 unspecified atom stereocenters. The van der Waals surface area contributed by atoms with Crippen molar-refractivity contribution in [1.82, 2.24) is 10.4 Å². The number of hydrogen-bond acceptors (Lipinski definition) is 4. The van der Waals surface area contributed by atoms with Crippen molar-refractivity contribution in [2.45, 2.75) is 32.5 Å². The van der Waals surface area contributed by atoms with Gasteiger partial charge < -0.3 is 14.9 Å². The van der Waals surface area contributed by atoms with Crippen LogP contribution in [0.25, 0.3) is 0 Å². The molecule has 4 nitrogen and oxygen atoms in total. The first-order chi connectivity index (χ1) is 12.2. The van der Waals surface area contributed by atoms with E-state index in [0.29, 0.717) is 5.92 Å².